The number of carboxylic acids is 1. The van der Waals surface area contributed by atoms with Gasteiger partial charge in [-0.05, 0) is 30.9 Å². The van der Waals surface area contributed by atoms with Crippen molar-refractivity contribution >= 4 is 17.6 Å². The maximum absolute atomic E-state index is 11.9. The van der Waals surface area contributed by atoms with Crippen LogP contribution in [0.3, 0.4) is 0 Å². The van der Waals surface area contributed by atoms with Crippen LogP contribution in [-0.2, 0) is 4.79 Å². The number of nitrogens with one attached hydrogen (secondary N) is 1. The Labute approximate surface area is 98.6 Å². The second-order valence-corrected chi connectivity index (χ2v) is 4.21. The first-order valence-electron chi connectivity index (χ1n) is 5.48. The zero-order valence-electron chi connectivity index (χ0n) is 9.22. The first-order chi connectivity index (χ1) is 8.09. The number of amides is 1. The van der Waals surface area contributed by atoms with Gasteiger partial charge in [-0.1, -0.05) is 12.1 Å². The lowest BCUT2D eigenvalue weighted by Gasteiger charge is -2.14. The summed E-state index contributed by atoms with van der Waals surface area (Å²) < 4.78 is 0. The quantitative estimate of drug-likeness (QED) is 0.674. The highest BCUT2D eigenvalue weighted by atomic mass is 16.4. The first-order valence-corrected chi connectivity index (χ1v) is 5.48. The number of para-hydroxylation sites is 1. The summed E-state index contributed by atoms with van der Waals surface area (Å²) in [6, 6.07) is 5.81. The van der Waals surface area contributed by atoms with E-state index in [4.69, 9.17) is 10.8 Å². The fourth-order valence-electron chi connectivity index (χ4n) is 1.73. The Morgan fingerprint density at radius 2 is 2.00 bits per heavy atom. The van der Waals surface area contributed by atoms with Crippen molar-refractivity contribution in [2.45, 2.75) is 18.9 Å². The number of carboxylic acid groups (broad SMARTS) is 1. The van der Waals surface area contributed by atoms with Crippen LogP contribution < -0.4 is 11.1 Å². The average molecular weight is 234 g/mol. The molecule has 5 heteroatoms. The van der Waals surface area contributed by atoms with Crippen LogP contribution in [-0.4, -0.2) is 23.0 Å². The molecule has 90 valence electrons. The lowest BCUT2D eigenvalue weighted by Crippen LogP contribution is -2.42. The van der Waals surface area contributed by atoms with Gasteiger partial charge in [-0.25, -0.2) is 4.79 Å². The Hall–Kier alpha value is -2.04. The Bertz CT molecular complexity index is 455. The van der Waals surface area contributed by atoms with Gasteiger partial charge in [0.25, 0.3) is 5.91 Å². The van der Waals surface area contributed by atoms with Gasteiger partial charge in [0.1, 0.15) is 6.04 Å². The molecule has 1 fully saturated rings. The Kier molecular flexibility index (Phi) is 2.99. The van der Waals surface area contributed by atoms with Crippen molar-refractivity contribution in [3.05, 3.63) is 29.8 Å². The van der Waals surface area contributed by atoms with Crippen LogP contribution in [0.1, 0.15) is 23.2 Å². The summed E-state index contributed by atoms with van der Waals surface area (Å²) in [5.74, 6) is -1.36. The van der Waals surface area contributed by atoms with Crippen molar-refractivity contribution in [3.63, 3.8) is 0 Å². The molecule has 0 heterocycles. The van der Waals surface area contributed by atoms with Gasteiger partial charge in [-0.2, -0.15) is 0 Å². The molecule has 0 spiro atoms. The summed E-state index contributed by atoms with van der Waals surface area (Å²) in [6.45, 7) is 0. The number of hydrogen-bond donors (Lipinski definition) is 3. The number of nitrogens with two attached hydrogens (primary N) is 1. The van der Waals surface area contributed by atoms with E-state index < -0.39 is 17.9 Å². The molecule has 0 aliphatic heterocycles. The van der Waals surface area contributed by atoms with Gasteiger partial charge >= 0.3 is 5.97 Å². The molecule has 1 aromatic rings. The molecule has 4 N–H and O–H groups in total. The standard InChI is InChI=1S/C12H14N2O3/c13-9-4-2-1-3-8(9)11(15)14-10(12(16)17)7-5-6-7/h1-4,7,10H,5-6,13H2,(H,14,15)(H,16,17). The number of carbonyl (C=O) groups is 2. The van der Waals surface area contributed by atoms with E-state index in [1.54, 1.807) is 24.3 Å². The summed E-state index contributed by atoms with van der Waals surface area (Å²) in [6.07, 6.45) is 1.70. The van der Waals surface area contributed by atoms with E-state index in [-0.39, 0.29) is 5.92 Å². The molecule has 1 aliphatic rings. The maximum Gasteiger partial charge on any atom is 0.326 e. The molecule has 1 aromatic carbocycles. The third-order valence-electron chi connectivity index (χ3n) is 2.85. The van der Waals surface area contributed by atoms with E-state index in [1.807, 2.05) is 0 Å². The third-order valence-corrected chi connectivity index (χ3v) is 2.85. The van der Waals surface area contributed by atoms with E-state index >= 15 is 0 Å². The minimum atomic E-state index is -0.990. The van der Waals surface area contributed by atoms with Crippen LogP contribution in [0.2, 0.25) is 0 Å². The molecule has 17 heavy (non-hydrogen) atoms. The van der Waals surface area contributed by atoms with E-state index in [9.17, 15) is 9.59 Å². The van der Waals surface area contributed by atoms with Crippen LogP contribution >= 0.6 is 0 Å². The van der Waals surface area contributed by atoms with Crippen molar-refractivity contribution in [1.29, 1.82) is 0 Å². The van der Waals surface area contributed by atoms with Crippen molar-refractivity contribution in [2.24, 2.45) is 5.92 Å². The number of carbonyl (C=O) groups excluding carboxylic acids is 1. The molecule has 1 saturated carbocycles. The minimum absolute atomic E-state index is 0.0568. The third kappa shape index (κ3) is 2.55. The van der Waals surface area contributed by atoms with Crippen LogP contribution in [0.15, 0.2) is 24.3 Å². The number of anilines is 1. The molecule has 1 atom stereocenters. The highest BCUT2D eigenvalue weighted by Crippen LogP contribution is 2.33. The zero-order chi connectivity index (χ0) is 12.4. The lowest BCUT2D eigenvalue weighted by atomic mass is 10.1. The molecule has 0 radical (unpaired) electrons. The predicted octanol–water partition coefficient (Wildman–Crippen LogP) is 0.862. The summed E-state index contributed by atoms with van der Waals surface area (Å²) in [5.41, 5.74) is 6.33. The van der Waals surface area contributed by atoms with E-state index in [0.717, 1.165) is 12.8 Å². The van der Waals surface area contributed by atoms with Crippen molar-refractivity contribution in [3.8, 4) is 0 Å². The fraction of sp³-hybridized carbons (Fsp3) is 0.333. The number of rotatable bonds is 4. The first kappa shape index (κ1) is 11.4. The van der Waals surface area contributed by atoms with Gasteiger partial charge in [0.05, 0.1) is 5.56 Å². The fourth-order valence-corrected chi connectivity index (χ4v) is 1.73. The molecule has 1 unspecified atom stereocenters. The highest BCUT2D eigenvalue weighted by molar-refractivity contribution is 6.00. The Balaban J connectivity index is 2.10. The summed E-state index contributed by atoms with van der Waals surface area (Å²) >= 11 is 0. The van der Waals surface area contributed by atoms with Crippen LogP contribution in [0, 0.1) is 5.92 Å². The Morgan fingerprint density at radius 3 is 2.53 bits per heavy atom. The number of nitrogen functional groups attached to an aromatic ring is 1. The maximum atomic E-state index is 11.9. The van der Waals surface area contributed by atoms with Gasteiger partial charge in [-0.15, -0.1) is 0 Å². The van der Waals surface area contributed by atoms with E-state index in [1.165, 1.54) is 0 Å². The second-order valence-electron chi connectivity index (χ2n) is 4.21. The van der Waals surface area contributed by atoms with Crippen LogP contribution in [0.5, 0.6) is 0 Å². The molecular formula is C12H14N2O3. The molecule has 0 bridgehead atoms. The van der Waals surface area contributed by atoms with Crippen LogP contribution in [0.4, 0.5) is 5.69 Å². The van der Waals surface area contributed by atoms with Crippen LogP contribution in [0.25, 0.3) is 0 Å². The van der Waals surface area contributed by atoms with E-state index in [0.29, 0.717) is 11.3 Å². The molecule has 0 aromatic heterocycles. The Morgan fingerprint density at radius 1 is 1.35 bits per heavy atom. The molecule has 1 aliphatic carbocycles. The van der Waals surface area contributed by atoms with Gasteiger partial charge in [0.2, 0.25) is 0 Å². The number of hydrogen-bond acceptors (Lipinski definition) is 3. The van der Waals surface area contributed by atoms with Crippen molar-refractivity contribution < 1.29 is 14.7 Å². The molecular weight excluding hydrogens is 220 g/mol. The predicted molar refractivity (Wildman–Crippen MR) is 62.5 cm³/mol. The topological polar surface area (TPSA) is 92.4 Å². The van der Waals surface area contributed by atoms with Gasteiger partial charge in [0, 0.05) is 5.69 Å². The monoisotopic (exact) mass is 234 g/mol. The molecule has 2 rings (SSSR count). The zero-order valence-corrected chi connectivity index (χ0v) is 9.22. The summed E-state index contributed by atoms with van der Waals surface area (Å²) in [7, 11) is 0. The van der Waals surface area contributed by atoms with E-state index in [2.05, 4.69) is 5.32 Å². The molecule has 5 nitrogen and oxygen atoms in total. The highest BCUT2D eigenvalue weighted by Gasteiger charge is 2.37. The second kappa shape index (κ2) is 4.45. The minimum Gasteiger partial charge on any atom is -0.480 e. The normalized spacial score (nSPS) is 16.2. The van der Waals surface area contributed by atoms with Crippen molar-refractivity contribution in [1.82, 2.24) is 5.32 Å². The number of aliphatic carboxylic acids is 1. The SMILES string of the molecule is Nc1ccccc1C(=O)NC(C(=O)O)C1CC1. The molecule has 1 amide bonds. The van der Waals surface area contributed by atoms with Gasteiger partial charge < -0.3 is 16.2 Å². The lowest BCUT2D eigenvalue weighted by molar-refractivity contribution is -0.139. The average Bonchev–Trinajstić information content (AvgIpc) is 3.09. The summed E-state index contributed by atoms with van der Waals surface area (Å²) in [5, 5.41) is 11.5. The number of benzene rings is 1. The molecule has 0 saturated heterocycles. The summed E-state index contributed by atoms with van der Waals surface area (Å²) in [4.78, 5) is 22.8. The van der Waals surface area contributed by atoms with Gasteiger partial charge in [-0.3, -0.25) is 4.79 Å². The smallest absolute Gasteiger partial charge is 0.326 e. The van der Waals surface area contributed by atoms with Crippen molar-refractivity contribution in [2.75, 3.05) is 5.73 Å². The largest absolute Gasteiger partial charge is 0.480 e. The van der Waals surface area contributed by atoms with Gasteiger partial charge in [0.15, 0.2) is 0 Å².